The molecule has 0 spiro atoms. The molecule has 9 heteroatoms. The van der Waals surface area contributed by atoms with Crippen LogP contribution in [0.25, 0.3) is 0 Å². The molecular formula is C27H30N2O7. The minimum atomic E-state index is -0.512. The zero-order chi connectivity index (χ0) is 24.6. The quantitative estimate of drug-likeness (QED) is 0.658. The van der Waals surface area contributed by atoms with Crippen molar-refractivity contribution >= 4 is 17.5 Å². The molecule has 4 aliphatic heterocycles. The molecule has 2 aromatic rings. The number of carbonyl (C=O) groups is 2. The molecule has 0 saturated carbocycles. The molecule has 0 aliphatic carbocycles. The lowest BCUT2D eigenvalue weighted by atomic mass is 9.84. The summed E-state index contributed by atoms with van der Waals surface area (Å²) >= 11 is 0. The lowest BCUT2D eigenvalue weighted by Crippen LogP contribution is -2.48. The molecule has 2 saturated heterocycles. The summed E-state index contributed by atoms with van der Waals surface area (Å²) in [5.74, 6) is 1.71. The maximum atomic E-state index is 12.9. The predicted octanol–water partition coefficient (Wildman–Crippen LogP) is 3.06. The Balaban J connectivity index is 1.17. The van der Waals surface area contributed by atoms with E-state index in [1.807, 2.05) is 17.0 Å². The van der Waals surface area contributed by atoms with E-state index in [-0.39, 0.29) is 43.3 Å². The van der Waals surface area contributed by atoms with Gasteiger partial charge in [0.15, 0.2) is 11.5 Å². The number of nitrogens with zero attached hydrogens (tertiary/aromatic N) is 1. The van der Waals surface area contributed by atoms with Gasteiger partial charge in [-0.1, -0.05) is 0 Å². The van der Waals surface area contributed by atoms with E-state index in [2.05, 4.69) is 5.32 Å². The highest BCUT2D eigenvalue weighted by atomic mass is 16.7. The molecule has 36 heavy (non-hydrogen) atoms. The van der Waals surface area contributed by atoms with Crippen molar-refractivity contribution in [2.24, 2.45) is 0 Å². The largest absolute Gasteiger partial charge is 0.487 e. The first kappa shape index (κ1) is 23.1. The summed E-state index contributed by atoms with van der Waals surface area (Å²) in [6, 6.07) is 10.6. The van der Waals surface area contributed by atoms with Crippen LogP contribution in [0, 0.1) is 0 Å². The highest BCUT2D eigenvalue weighted by Crippen LogP contribution is 2.47. The summed E-state index contributed by atoms with van der Waals surface area (Å²) in [6.07, 6.45) is 3.05. The van der Waals surface area contributed by atoms with E-state index in [4.69, 9.17) is 18.9 Å². The SMILES string of the molecule is O=C(Nc1ccc2c(c1)[C@@H]1C[C@@H](CC(=O)N3CCCCC3)O[C@@H](CO)[C@@H]1O2)c1ccc2c(c1)OCO2. The average Bonchev–Trinajstić information content (AvgIpc) is 3.52. The maximum absolute atomic E-state index is 12.9. The van der Waals surface area contributed by atoms with Crippen molar-refractivity contribution in [1.29, 1.82) is 0 Å². The van der Waals surface area contributed by atoms with Gasteiger partial charge in [0.25, 0.3) is 5.91 Å². The summed E-state index contributed by atoms with van der Waals surface area (Å²) < 4.78 is 23.0. The number of likely N-dealkylation sites (tertiary alicyclic amines) is 1. The number of hydrogen-bond acceptors (Lipinski definition) is 7. The Labute approximate surface area is 209 Å². The first-order chi connectivity index (χ1) is 17.6. The molecule has 190 valence electrons. The molecule has 4 aliphatic rings. The van der Waals surface area contributed by atoms with Crippen molar-refractivity contribution in [2.45, 2.75) is 56.3 Å². The van der Waals surface area contributed by atoms with Gasteiger partial charge in [-0.2, -0.15) is 0 Å². The minimum Gasteiger partial charge on any atom is -0.487 e. The fourth-order valence-corrected chi connectivity index (χ4v) is 5.68. The van der Waals surface area contributed by atoms with Crippen LogP contribution in [-0.4, -0.2) is 66.6 Å². The third kappa shape index (κ3) is 4.37. The monoisotopic (exact) mass is 494 g/mol. The van der Waals surface area contributed by atoms with Crippen molar-refractivity contribution < 1.29 is 33.6 Å². The number of ether oxygens (including phenoxy) is 4. The third-order valence-corrected chi connectivity index (χ3v) is 7.50. The molecule has 2 amide bonds. The van der Waals surface area contributed by atoms with Crippen molar-refractivity contribution in [2.75, 3.05) is 31.8 Å². The number of rotatable bonds is 5. The minimum absolute atomic E-state index is 0.0348. The number of aliphatic hydroxyl groups excluding tert-OH is 1. The molecule has 0 radical (unpaired) electrons. The van der Waals surface area contributed by atoms with Crippen LogP contribution in [0.15, 0.2) is 36.4 Å². The summed E-state index contributed by atoms with van der Waals surface area (Å²) in [5.41, 5.74) is 2.07. The van der Waals surface area contributed by atoms with Gasteiger partial charge in [-0.3, -0.25) is 9.59 Å². The number of fused-ring (bicyclic) bond motifs is 4. The number of amides is 2. The predicted molar refractivity (Wildman–Crippen MR) is 130 cm³/mol. The Morgan fingerprint density at radius 3 is 2.64 bits per heavy atom. The molecule has 4 heterocycles. The van der Waals surface area contributed by atoms with Gasteiger partial charge in [-0.15, -0.1) is 0 Å². The van der Waals surface area contributed by atoms with Crippen molar-refractivity contribution in [3.05, 3.63) is 47.5 Å². The number of anilines is 1. The van der Waals surface area contributed by atoms with E-state index in [0.29, 0.717) is 35.6 Å². The molecule has 6 rings (SSSR count). The van der Waals surface area contributed by atoms with Gasteiger partial charge in [0, 0.05) is 35.8 Å². The topological polar surface area (TPSA) is 107 Å². The number of aliphatic hydroxyl groups is 1. The molecule has 0 bridgehead atoms. The normalized spacial score (nSPS) is 26.1. The van der Waals surface area contributed by atoms with Crippen LogP contribution in [-0.2, 0) is 9.53 Å². The fourth-order valence-electron chi connectivity index (χ4n) is 5.68. The zero-order valence-electron chi connectivity index (χ0n) is 20.0. The van der Waals surface area contributed by atoms with Crippen LogP contribution < -0.4 is 19.5 Å². The van der Waals surface area contributed by atoms with Gasteiger partial charge in [-0.25, -0.2) is 0 Å². The van der Waals surface area contributed by atoms with Gasteiger partial charge in [0.05, 0.1) is 19.1 Å². The van der Waals surface area contributed by atoms with E-state index in [0.717, 1.165) is 37.2 Å². The smallest absolute Gasteiger partial charge is 0.255 e. The molecule has 0 unspecified atom stereocenters. The van der Waals surface area contributed by atoms with E-state index in [1.165, 1.54) is 6.42 Å². The Hall–Kier alpha value is -3.30. The number of benzene rings is 2. The first-order valence-corrected chi connectivity index (χ1v) is 12.6. The highest BCUT2D eigenvalue weighted by Gasteiger charge is 2.46. The Bertz CT molecular complexity index is 1160. The Morgan fingerprint density at radius 1 is 1.00 bits per heavy atom. The lowest BCUT2D eigenvalue weighted by Gasteiger charge is -2.38. The summed E-state index contributed by atoms with van der Waals surface area (Å²) in [4.78, 5) is 27.7. The van der Waals surface area contributed by atoms with E-state index < -0.39 is 6.10 Å². The van der Waals surface area contributed by atoms with Gasteiger partial charge in [-0.05, 0) is 62.1 Å². The van der Waals surface area contributed by atoms with Crippen molar-refractivity contribution in [3.63, 3.8) is 0 Å². The molecular weight excluding hydrogens is 464 g/mol. The molecule has 4 atom stereocenters. The Kier molecular flexibility index (Phi) is 6.18. The molecule has 2 aromatic carbocycles. The van der Waals surface area contributed by atoms with Crippen molar-refractivity contribution in [1.82, 2.24) is 4.90 Å². The van der Waals surface area contributed by atoms with Crippen LogP contribution in [0.1, 0.15) is 53.9 Å². The van der Waals surface area contributed by atoms with Crippen LogP contribution in [0.3, 0.4) is 0 Å². The third-order valence-electron chi connectivity index (χ3n) is 7.50. The lowest BCUT2D eigenvalue weighted by molar-refractivity contribution is -0.149. The van der Waals surface area contributed by atoms with Crippen LogP contribution in [0.4, 0.5) is 5.69 Å². The second-order valence-electron chi connectivity index (χ2n) is 9.82. The zero-order valence-corrected chi connectivity index (χ0v) is 20.0. The fraction of sp³-hybridized carbons (Fsp3) is 0.481. The molecule has 9 nitrogen and oxygen atoms in total. The van der Waals surface area contributed by atoms with E-state index in [9.17, 15) is 14.7 Å². The molecule has 0 aromatic heterocycles. The van der Waals surface area contributed by atoms with Crippen molar-refractivity contribution in [3.8, 4) is 17.2 Å². The van der Waals surface area contributed by atoms with Gasteiger partial charge < -0.3 is 34.3 Å². The van der Waals surface area contributed by atoms with Crippen LogP contribution in [0.2, 0.25) is 0 Å². The summed E-state index contributed by atoms with van der Waals surface area (Å²) in [6.45, 7) is 1.58. The van der Waals surface area contributed by atoms with E-state index >= 15 is 0 Å². The van der Waals surface area contributed by atoms with Crippen LogP contribution in [0.5, 0.6) is 17.2 Å². The second kappa shape index (κ2) is 9.63. The van der Waals surface area contributed by atoms with Gasteiger partial charge >= 0.3 is 0 Å². The van der Waals surface area contributed by atoms with Gasteiger partial charge in [0.2, 0.25) is 12.7 Å². The van der Waals surface area contributed by atoms with Gasteiger partial charge in [0.1, 0.15) is 18.0 Å². The number of nitrogens with one attached hydrogen (secondary N) is 1. The second-order valence-corrected chi connectivity index (χ2v) is 9.82. The highest BCUT2D eigenvalue weighted by molar-refractivity contribution is 6.04. The van der Waals surface area contributed by atoms with E-state index in [1.54, 1.807) is 24.3 Å². The molecule has 2 N–H and O–H groups in total. The summed E-state index contributed by atoms with van der Waals surface area (Å²) in [7, 11) is 0. The first-order valence-electron chi connectivity index (χ1n) is 12.6. The number of carbonyl (C=O) groups excluding carboxylic acids is 2. The number of piperidine rings is 1. The number of hydrogen-bond donors (Lipinski definition) is 2. The average molecular weight is 495 g/mol. The Morgan fingerprint density at radius 2 is 1.81 bits per heavy atom. The van der Waals surface area contributed by atoms with Crippen LogP contribution >= 0.6 is 0 Å². The molecule has 2 fully saturated rings. The maximum Gasteiger partial charge on any atom is 0.255 e. The standard InChI is InChI=1S/C27H30N2O7/c30-14-24-26-20(12-18(35-24)13-25(31)29-8-2-1-3-9-29)19-11-17(5-7-21(19)36-26)28-27(32)16-4-6-22-23(10-16)34-15-33-22/h4-7,10-11,18,20,24,26,30H,1-3,8-9,12-15H2,(H,28,32)/t18-,20-,24-,26+/m0/s1. The summed E-state index contributed by atoms with van der Waals surface area (Å²) in [5, 5.41) is 13.0.